The molecule has 2 fully saturated rings. The van der Waals surface area contributed by atoms with Gasteiger partial charge in [0.1, 0.15) is 6.61 Å². The molecule has 2 rings (SSSR count). The quantitative estimate of drug-likeness (QED) is 0.0358. The number of allylic oxidation sites excluding steroid dienone is 3. The average Bonchev–Trinajstić information content (AvgIpc) is 3.30. The number of hydrogen-bond donors (Lipinski definition) is 2. The Labute approximate surface area is 295 Å². The molecule has 4 nitrogen and oxygen atoms in total. The van der Waals surface area contributed by atoms with E-state index in [1.165, 1.54) is 103 Å². The van der Waals surface area contributed by atoms with Gasteiger partial charge in [-0.2, -0.15) is 0 Å². The average molecular weight is 677 g/mol. The van der Waals surface area contributed by atoms with Crippen LogP contribution in [-0.2, 0) is 9.53 Å². The largest absolute Gasteiger partial charge is 0.461 e. The lowest BCUT2D eigenvalue weighted by molar-refractivity contribution is -0.142. The fourth-order valence-electron chi connectivity index (χ4n) is 7.60. The van der Waals surface area contributed by atoms with Crippen molar-refractivity contribution in [3.63, 3.8) is 0 Å². The second-order valence-corrected chi connectivity index (χ2v) is 15.4. The highest BCUT2D eigenvalue weighted by molar-refractivity contribution is 6.21. The topological polar surface area (TPSA) is 66.8 Å². The lowest BCUT2D eigenvalue weighted by Crippen LogP contribution is -2.40. The molecule has 47 heavy (non-hydrogen) atoms. The molecule has 0 amide bonds. The number of hydrogen-bond acceptors (Lipinski definition) is 4. The van der Waals surface area contributed by atoms with Gasteiger partial charge in [0.05, 0.1) is 12.2 Å². The summed E-state index contributed by atoms with van der Waals surface area (Å²) in [5, 5.41) is 21.3. The van der Waals surface area contributed by atoms with Crippen LogP contribution >= 0.6 is 11.6 Å². The first-order valence-corrected chi connectivity index (χ1v) is 20.5. The number of unbranched alkanes of at least 4 members (excludes halogenated alkanes) is 16. The Morgan fingerprint density at radius 1 is 0.809 bits per heavy atom. The molecule has 2 aliphatic carbocycles. The van der Waals surface area contributed by atoms with Crippen LogP contribution in [0.2, 0.25) is 0 Å². The molecular formula is C42H73ClO4. The third kappa shape index (κ3) is 17.9. The second kappa shape index (κ2) is 26.7. The number of esters is 1. The van der Waals surface area contributed by atoms with Crippen molar-refractivity contribution < 1.29 is 19.7 Å². The van der Waals surface area contributed by atoms with E-state index in [4.69, 9.17) is 16.3 Å². The van der Waals surface area contributed by atoms with E-state index in [2.05, 4.69) is 44.2 Å². The van der Waals surface area contributed by atoms with E-state index < -0.39 is 6.10 Å². The lowest BCUT2D eigenvalue weighted by atomic mass is 9.63. The van der Waals surface area contributed by atoms with Gasteiger partial charge in [0, 0.05) is 17.7 Å². The van der Waals surface area contributed by atoms with Crippen LogP contribution in [0.3, 0.4) is 0 Å². The Hall–Kier alpha value is -1.10. The van der Waals surface area contributed by atoms with Crippen LogP contribution in [0.5, 0.6) is 0 Å². The van der Waals surface area contributed by atoms with Crippen LogP contribution in [-0.4, -0.2) is 40.4 Å². The molecule has 0 aromatic heterocycles. The van der Waals surface area contributed by atoms with Gasteiger partial charge < -0.3 is 14.9 Å². The molecule has 5 atom stereocenters. The molecule has 0 heterocycles. The van der Waals surface area contributed by atoms with Gasteiger partial charge in [0.2, 0.25) is 0 Å². The molecule has 2 aliphatic rings. The van der Waals surface area contributed by atoms with Crippen molar-refractivity contribution in [1.82, 2.24) is 0 Å². The molecule has 0 radical (unpaired) electrons. The number of aliphatic hydroxyl groups excluding tert-OH is 2. The Bertz CT molecular complexity index is 857. The number of ether oxygens (including phenoxy) is 1. The van der Waals surface area contributed by atoms with E-state index in [-0.39, 0.29) is 34.7 Å². The van der Waals surface area contributed by atoms with Crippen LogP contribution in [0.15, 0.2) is 36.5 Å². The van der Waals surface area contributed by atoms with Crippen LogP contribution in [0.1, 0.15) is 181 Å². The molecular weight excluding hydrogens is 604 g/mol. The summed E-state index contributed by atoms with van der Waals surface area (Å²) >= 11 is 6.62. The lowest BCUT2D eigenvalue weighted by Gasteiger charge is -2.45. The Morgan fingerprint density at radius 2 is 1.38 bits per heavy atom. The highest BCUT2D eigenvalue weighted by Gasteiger charge is 2.42. The fourth-order valence-corrected chi connectivity index (χ4v) is 8.05. The van der Waals surface area contributed by atoms with Crippen molar-refractivity contribution in [1.29, 1.82) is 0 Å². The SMILES string of the molecule is CCCCCCCCCCCCCCCCCC=CCOC(=O)CCC/C=C\C[C@@H]1[C@@H](/C=C/C[C@H](O)C2(CC)CCC2)[C@H](O)C[C@H]1Cl. The summed E-state index contributed by atoms with van der Waals surface area (Å²) in [5.41, 5.74) is 0.101. The summed E-state index contributed by atoms with van der Waals surface area (Å²) in [5.74, 6) is 0.0794. The zero-order valence-electron chi connectivity index (χ0n) is 30.5. The third-order valence-electron chi connectivity index (χ3n) is 11.2. The molecule has 0 bridgehead atoms. The summed E-state index contributed by atoms with van der Waals surface area (Å²) in [7, 11) is 0. The summed E-state index contributed by atoms with van der Waals surface area (Å²) in [4.78, 5) is 12.1. The molecule has 0 saturated heterocycles. The first-order chi connectivity index (χ1) is 22.9. The third-order valence-corrected chi connectivity index (χ3v) is 11.7. The van der Waals surface area contributed by atoms with Gasteiger partial charge in [-0.3, -0.25) is 4.79 Å². The molecule has 5 heteroatoms. The Balaban J connectivity index is 1.42. The van der Waals surface area contributed by atoms with Gasteiger partial charge in [-0.05, 0) is 75.5 Å². The van der Waals surface area contributed by atoms with Crippen LogP contribution in [0.4, 0.5) is 0 Å². The van der Waals surface area contributed by atoms with Crippen LogP contribution in [0.25, 0.3) is 0 Å². The van der Waals surface area contributed by atoms with Crippen LogP contribution in [0, 0.1) is 17.3 Å². The van der Waals surface area contributed by atoms with E-state index in [1.54, 1.807) is 0 Å². The van der Waals surface area contributed by atoms with Crippen molar-refractivity contribution in [3.05, 3.63) is 36.5 Å². The Kier molecular flexibility index (Phi) is 23.9. The van der Waals surface area contributed by atoms with E-state index in [9.17, 15) is 15.0 Å². The van der Waals surface area contributed by atoms with Gasteiger partial charge in [-0.15, -0.1) is 11.6 Å². The minimum Gasteiger partial charge on any atom is -0.461 e. The molecule has 0 spiro atoms. The maximum Gasteiger partial charge on any atom is 0.306 e. The molecule has 0 aliphatic heterocycles. The van der Waals surface area contributed by atoms with Gasteiger partial charge in [0.15, 0.2) is 0 Å². The number of carbonyl (C=O) groups excluding carboxylic acids is 1. The predicted molar refractivity (Wildman–Crippen MR) is 201 cm³/mol. The molecule has 0 aromatic rings. The summed E-state index contributed by atoms with van der Waals surface area (Å²) in [6, 6.07) is 0. The fraction of sp³-hybridized carbons (Fsp3) is 0.833. The maximum atomic E-state index is 12.1. The predicted octanol–water partition coefficient (Wildman–Crippen LogP) is 12.0. The maximum absolute atomic E-state index is 12.1. The molecule has 2 N–H and O–H groups in total. The first kappa shape index (κ1) is 42.1. The molecule has 272 valence electrons. The second-order valence-electron chi connectivity index (χ2n) is 14.8. The monoisotopic (exact) mass is 677 g/mol. The highest BCUT2D eigenvalue weighted by Crippen LogP contribution is 2.48. The van der Waals surface area contributed by atoms with Crippen molar-refractivity contribution in [2.75, 3.05) is 6.61 Å². The van der Waals surface area contributed by atoms with Crippen molar-refractivity contribution in [2.45, 2.75) is 198 Å². The van der Waals surface area contributed by atoms with E-state index >= 15 is 0 Å². The van der Waals surface area contributed by atoms with Gasteiger partial charge in [-0.1, -0.05) is 147 Å². The zero-order chi connectivity index (χ0) is 34.0. The van der Waals surface area contributed by atoms with Crippen molar-refractivity contribution in [3.8, 4) is 0 Å². The van der Waals surface area contributed by atoms with Crippen LogP contribution < -0.4 is 0 Å². The molecule has 2 saturated carbocycles. The minimum atomic E-state index is -0.430. The minimum absolute atomic E-state index is 0.0237. The number of alkyl halides is 1. The number of rotatable bonds is 29. The van der Waals surface area contributed by atoms with Gasteiger partial charge >= 0.3 is 5.97 Å². The number of halogens is 1. The number of carbonyl (C=O) groups is 1. The van der Waals surface area contributed by atoms with Crippen molar-refractivity contribution in [2.24, 2.45) is 17.3 Å². The summed E-state index contributed by atoms with van der Waals surface area (Å²) < 4.78 is 5.37. The summed E-state index contributed by atoms with van der Waals surface area (Å²) in [6.45, 7) is 4.84. The van der Waals surface area contributed by atoms with Crippen molar-refractivity contribution >= 4 is 17.6 Å². The normalized spacial score (nSPS) is 23.3. The number of aliphatic hydroxyl groups is 2. The standard InChI is InChI=1S/C42H73ClO4/c1-3-5-6-7-8-9-10-11-12-13-14-15-16-17-18-19-22-25-34-47-41(46)31-24-21-20-23-28-36-37(39(44)35-38(36)43)29-26-30-40(45)42(4-2)32-27-33-42/h20,22-23,25-26,29,36-40,44-45H,3-19,21,24,27-28,30-35H2,1-2H3/b23-20-,25-22?,29-26+/t36-,37-,38-,39-,40+/m1/s1. The van der Waals surface area contributed by atoms with Gasteiger partial charge in [-0.25, -0.2) is 0 Å². The Morgan fingerprint density at radius 3 is 1.96 bits per heavy atom. The molecule has 0 aromatic carbocycles. The van der Waals surface area contributed by atoms with E-state index in [0.29, 0.717) is 25.9 Å². The van der Waals surface area contributed by atoms with E-state index in [0.717, 1.165) is 44.9 Å². The first-order valence-electron chi connectivity index (χ1n) is 20.1. The highest BCUT2D eigenvalue weighted by atomic mass is 35.5. The smallest absolute Gasteiger partial charge is 0.306 e. The zero-order valence-corrected chi connectivity index (χ0v) is 31.3. The van der Waals surface area contributed by atoms with E-state index in [1.807, 2.05) is 6.08 Å². The summed E-state index contributed by atoms with van der Waals surface area (Å²) in [6.07, 6.45) is 42.3. The molecule has 0 unspecified atom stereocenters. The van der Waals surface area contributed by atoms with Gasteiger partial charge in [0.25, 0.3) is 0 Å².